The predicted molar refractivity (Wildman–Crippen MR) is 59.7 cm³/mol. The van der Waals surface area contributed by atoms with Crippen molar-refractivity contribution in [2.24, 2.45) is 0 Å². The van der Waals surface area contributed by atoms with Crippen LogP contribution in [0.1, 0.15) is 19.8 Å². The molecule has 0 aromatic carbocycles. The van der Waals surface area contributed by atoms with Crippen LogP contribution < -0.4 is 14.8 Å². The molecule has 5 heteroatoms. The number of rotatable bonds is 3. The van der Waals surface area contributed by atoms with Crippen LogP contribution in [-0.4, -0.2) is 35.8 Å². The summed E-state index contributed by atoms with van der Waals surface area (Å²) in [5.74, 6) is 1.01. The average Bonchev–Trinajstić information content (AvgIpc) is 2.32. The normalized spacial score (nSPS) is 25.1. The van der Waals surface area contributed by atoms with Gasteiger partial charge in [-0.15, -0.1) is 0 Å². The molecule has 1 N–H and O–H groups in total. The Kier molecular flexibility index (Phi) is 3.56. The van der Waals surface area contributed by atoms with E-state index in [-0.39, 0.29) is 6.10 Å². The van der Waals surface area contributed by atoms with Crippen LogP contribution >= 0.6 is 0 Å². The first-order chi connectivity index (χ1) is 7.78. The predicted octanol–water partition coefficient (Wildman–Crippen LogP) is 1.00. The summed E-state index contributed by atoms with van der Waals surface area (Å²) in [6.45, 7) is 3.04. The Hall–Kier alpha value is -1.36. The molecule has 88 valence electrons. The van der Waals surface area contributed by atoms with Crippen molar-refractivity contribution < 1.29 is 9.47 Å². The first kappa shape index (κ1) is 11.1. The van der Waals surface area contributed by atoms with Gasteiger partial charge in [-0.2, -0.15) is 4.98 Å². The van der Waals surface area contributed by atoms with Crippen LogP contribution in [0, 0.1) is 0 Å². The van der Waals surface area contributed by atoms with Crippen molar-refractivity contribution in [2.75, 3.05) is 13.7 Å². The topological polar surface area (TPSA) is 56.3 Å². The summed E-state index contributed by atoms with van der Waals surface area (Å²) in [4.78, 5) is 8.17. The smallest absolute Gasteiger partial charge is 0.235 e. The summed E-state index contributed by atoms with van der Waals surface area (Å²) >= 11 is 0. The van der Waals surface area contributed by atoms with E-state index in [4.69, 9.17) is 9.47 Å². The van der Waals surface area contributed by atoms with Gasteiger partial charge in [0, 0.05) is 12.6 Å². The van der Waals surface area contributed by atoms with E-state index in [1.807, 2.05) is 0 Å². The van der Waals surface area contributed by atoms with Gasteiger partial charge in [0.25, 0.3) is 0 Å². The highest BCUT2D eigenvalue weighted by molar-refractivity contribution is 5.12. The molecular weight excluding hydrogens is 206 g/mol. The molecule has 0 radical (unpaired) electrons. The summed E-state index contributed by atoms with van der Waals surface area (Å²) < 4.78 is 10.7. The second-order valence-corrected chi connectivity index (χ2v) is 4.03. The van der Waals surface area contributed by atoms with Crippen LogP contribution in [0.3, 0.4) is 0 Å². The van der Waals surface area contributed by atoms with Crippen LogP contribution in [0.15, 0.2) is 12.4 Å². The number of hydrogen-bond acceptors (Lipinski definition) is 5. The molecule has 2 rings (SSSR count). The molecule has 1 aromatic heterocycles. The maximum atomic E-state index is 5.73. The van der Waals surface area contributed by atoms with Gasteiger partial charge in [0.1, 0.15) is 6.10 Å². The Labute approximate surface area is 95.2 Å². The average molecular weight is 223 g/mol. The number of methoxy groups -OCH3 is 1. The van der Waals surface area contributed by atoms with Gasteiger partial charge in [-0.25, -0.2) is 0 Å². The lowest BCUT2D eigenvalue weighted by Gasteiger charge is -2.27. The maximum absolute atomic E-state index is 5.73. The zero-order valence-corrected chi connectivity index (χ0v) is 9.64. The lowest BCUT2D eigenvalue weighted by Crippen LogP contribution is -2.42. The minimum Gasteiger partial charge on any atom is -0.480 e. The molecule has 1 fully saturated rings. The van der Waals surface area contributed by atoms with Crippen LogP contribution in [-0.2, 0) is 0 Å². The molecule has 1 saturated heterocycles. The molecular formula is C11H17N3O2. The van der Waals surface area contributed by atoms with Crippen molar-refractivity contribution in [3.8, 4) is 11.8 Å². The Bertz CT molecular complexity index is 338. The Balaban J connectivity index is 1.93. The fourth-order valence-electron chi connectivity index (χ4n) is 1.73. The highest BCUT2D eigenvalue weighted by Crippen LogP contribution is 2.16. The van der Waals surface area contributed by atoms with Gasteiger partial charge in [0.2, 0.25) is 11.8 Å². The fraction of sp³-hybridized carbons (Fsp3) is 0.636. The highest BCUT2D eigenvalue weighted by atomic mass is 16.5. The largest absolute Gasteiger partial charge is 0.480 e. The minimum absolute atomic E-state index is 0.178. The summed E-state index contributed by atoms with van der Waals surface area (Å²) in [6.07, 6.45) is 5.53. The molecule has 16 heavy (non-hydrogen) atoms. The third-order valence-corrected chi connectivity index (χ3v) is 2.70. The van der Waals surface area contributed by atoms with Crippen molar-refractivity contribution in [3.05, 3.63) is 12.4 Å². The molecule has 1 aliphatic rings. The molecule has 5 nitrogen and oxygen atoms in total. The van der Waals surface area contributed by atoms with Crippen molar-refractivity contribution in [2.45, 2.75) is 31.9 Å². The standard InChI is InChI=1S/C11H17N3O2/c1-8-3-4-9(5-13-8)16-11-7-12-6-10(14-11)15-2/h6-9,13H,3-5H2,1-2H3/t8-,9-/m0/s1. The van der Waals surface area contributed by atoms with Crippen LogP contribution in [0.5, 0.6) is 11.8 Å². The number of hydrogen-bond donors (Lipinski definition) is 1. The van der Waals surface area contributed by atoms with Crippen LogP contribution in [0.2, 0.25) is 0 Å². The molecule has 0 aliphatic carbocycles. The van der Waals surface area contributed by atoms with Crippen LogP contribution in [0.4, 0.5) is 0 Å². The number of nitrogens with zero attached hydrogens (tertiary/aromatic N) is 2. The number of piperidine rings is 1. The van der Waals surface area contributed by atoms with E-state index in [1.54, 1.807) is 19.5 Å². The van der Waals surface area contributed by atoms with E-state index >= 15 is 0 Å². The van der Waals surface area contributed by atoms with Crippen molar-refractivity contribution in [1.29, 1.82) is 0 Å². The molecule has 0 unspecified atom stereocenters. The minimum atomic E-state index is 0.178. The summed E-state index contributed by atoms with van der Waals surface area (Å²) in [5.41, 5.74) is 0. The van der Waals surface area contributed by atoms with E-state index in [2.05, 4.69) is 22.2 Å². The molecule has 0 bridgehead atoms. The van der Waals surface area contributed by atoms with Gasteiger partial charge in [0.05, 0.1) is 19.5 Å². The molecule has 1 aromatic rings. The molecule has 0 saturated carbocycles. The number of nitrogens with one attached hydrogen (secondary N) is 1. The second kappa shape index (κ2) is 5.12. The monoisotopic (exact) mass is 223 g/mol. The summed E-state index contributed by atoms with van der Waals surface area (Å²) in [6, 6.07) is 0.580. The number of aromatic nitrogens is 2. The highest BCUT2D eigenvalue weighted by Gasteiger charge is 2.19. The fourth-order valence-corrected chi connectivity index (χ4v) is 1.73. The van der Waals surface area contributed by atoms with E-state index in [9.17, 15) is 0 Å². The quantitative estimate of drug-likeness (QED) is 0.828. The molecule has 0 amide bonds. The summed E-state index contributed by atoms with van der Waals surface area (Å²) in [5, 5.41) is 3.38. The lowest BCUT2D eigenvalue weighted by atomic mass is 10.0. The third-order valence-electron chi connectivity index (χ3n) is 2.70. The van der Waals surface area contributed by atoms with Crippen LogP contribution in [0.25, 0.3) is 0 Å². The van der Waals surface area contributed by atoms with E-state index in [0.29, 0.717) is 17.8 Å². The van der Waals surface area contributed by atoms with Gasteiger partial charge in [-0.05, 0) is 19.8 Å². The first-order valence-corrected chi connectivity index (χ1v) is 5.54. The molecule has 2 heterocycles. The van der Waals surface area contributed by atoms with Crippen molar-refractivity contribution in [3.63, 3.8) is 0 Å². The molecule has 0 spiro atoms. The van der Waals surface area contributed by atoms with Crippen molar-refractivity contribution >= 4 is 0 Å². The van der Waals surface area contributed by atoms with E-state index < -0.39 is 0 Å². The second-order valence-electron chi connectivity index (χ2n) is 4.03. The zero-order valence-electron chi connectivity index (χ0n) is 9.64. The Morgan fingerprint density at radius 1 is 1.31 bits per heavy atom. The maximum Gasteiger partial charge on any atom is 0.235 e. The van der Waals surface area contributed by atoms with Gasteiger partial charge in [-0.1, -0.05) is 0 Å². The Morgan fingerprint density at radius 2 is 2.12 bits per heavy atom. The molecule has 1 aliphatic heterocycles. The lowest BCUT2D eigenvalue weighted by molar-refractivity contribution is 0.145. The number of ether oxygens (including phenoxy) is 2. The SMILES string of the molecule is COc1cncc(O[C@H]2CC[C@H](C)NC2)n1. The third kappa shape index (κ3) is 2.82. The van der Waals surface area contributed by atoms with Gasteiger partial charge in [-0.3, -0.25) is 4.98 Å². The van der Waals surface area contributed by atoms with Gasteiger partial charge < -0.3 is 14.8 Å². The van der Waals surface area contributed by atoms with Crippen molar-refractivity contribution in [1.82, 2.24) is 15.3 Å². The molecule has 2 atom stereocenters. The first-order valence-electron chi connectivity index (χ1n) is 5.54. The Morgan fingerprint density at radius 3 is 2.81 bits per heavy atom. The van der Waals surface area contributed by atoms with E-state index in [1.165, 1.54) is 0 Å². The summed E-state index contributed by atoms with van der Waals surface area (Å²) in [7, 11) is 1.57. The van der Waals surface area contributed by atoms with Gasteiger partial charge in [0.15, 0.2) is 0 Å². The van der Waals surface area contributed by atoms with E-state index in [0.717, 1.165) is 19.4 Å². The zero-order chi connectivity index (χ0) is 11.4. The van der Waals surface area contributed by atoms with Gasteiger partial charge >= 0.3 is 0 Å².